The highest BCUT2D eigenvalue weighted by Crippen LogP contribution is 2.29. The van der Waals surface area contributed by atoms with Crippen LogP contribution >= 0.6 is 11.8 Å². The number of hydrogen-bond acceptors (Lipinski definition) is 3. The second kappa shape index (κ2) is 5.84. The third-order valence-electron chi connectivity index (χ3n) is 2.36. The van der Waals surface area contributed by atoms with Gasteiger partial charge in [0, 0.05) is 18.1 Å². The number of ether oxygens (including phenoxy) is 1. The monoisotopic (exact) mass is 190 g/mol. The number of methoxy groups -OCH3 is 1. The van der Waals surface area contributed by atoms with Crippen LogP contribution in [0.15, 0.2) is 0 Å². The Bertz CT molecular complexity index is 119. The summed E-state index contributed by atoms with van der Waals surface area (Å²) >= 11 is 1.89. The number of rotatable bonds is 4. The molecule has 1 aliphatic carbocycles. The van der Waals surface area contributed by atoms with Crippen molar-refractivity contribution in [3.8, 4) is 0 Å². The molecule has 1 fully saturated rings. The van der Waals surface area contributed by atoms with E-state index >= 15 is 0 Å². The summed E-state index contributed by atoms with van der Waals surface area (Å²) in [5.74, 6) is 0.876. The second-order valence-electron chi connectivity index (χ2n) is 3.24. The Morgan fingerprint density at radius 1 is 1.50 bits per heavy atom. The molecule has 1 N–H and O–H groups in total. The summed E-state index contributed by atoms with van der Waals surface area (Å²) in [6, 6.07) is 0. The fourth-order valence-corrected chi connectivity index (χ4v) is 2.81. The van der Waals surface area contributed by atoms with Gasteiger partial charge in [-0.3, -0.25) is 0 Å². The fourth-order valence-electron chi connectivity index (χ4n) is 1.69. The Labute approximate surface area is 78.7 Å². The Morgan fingerprint density at radius 2 is 2.33 bits per heavy atom. The maximum Gasteiger partial charge on any atom is 0.0581 e. The molecule has 2 atom stereocenters. The van der Waals surface area contributed by atoms with Crippen LogP contribution in [0.25, 0.3) is 0 Å². The van der Waals surface area contributed by atoms with E-state index in [2.05, 4.69) is 0 Å². The van der Waals surface area contributed by atoms with Crippen molar-refractivity contribution in [2.45, 2.75) is 37.0 Å². The molecule has 0 aromatic carbocycles. The smallest absolute Gasteiger partial charge is 0.0581 e. The number of aliphatic hydroxyl groups is 1. The van der Waals surface area contributed by atoms with Crippen LogP contribution in [-0.2, 0) is 4.74 Å². The molecule has 0 radical (unpaired) electrons. The standard InChI is InChI=1S/C9H18O2S/c1-11-8-3-2-4-9(7-8)12-6-5-10/h8-10H,2-7H2,1H3. The summed E-state index contributed by atoms with van der Waals surface area (Å²) in [5, 5.41) is 9.39. The molecule has 1 saturated carbocycles. The fraction of sp³-hybridized carbons (Fsp3) is 1.00. The molecule has 0 amide bonds. The number of hydrogen-bond donors (Lipinski definition) is 1. The summed E-state index contributed by atoms with van der Waals surface area (Å²) in [5.41, 5.74) is 0. The number of thioether (sulfide) groups is 1. The van der Waals surface area contributed by atoms with E-state index in [9.17, 15) is 0 Å². The Balaban J connectivity index is 2.16. The lowest BCUT2D eigenvalue weighted by Gasteiger charge is -2.27. The molecule has 0 heterocycles. The highest BCUT2D eigenvalue weighted by Gasteiger charge is 2.21. The molecule has 0 bridgehead atoms. The molecule has 0 aromatic heterocycles. The molecule has 0 aromatic rings. The molecule has 2 unspecified atom stereocenters. The van der Waals surface area contributed by atoms with Gasteiger partial charge in [-0.15, -0.1) is 0 Å². The van der Waals surface area contributed by atoms with Crippen LogP contribution in [0.2, 0.25) is 0 Å². The van der Waals surface area contributed by atoms with Crippen molar-refractivity contribution < 1.29 is 9.84 Å². The normalized spacial score (nSPS) is 30.5. The summed E-state index contributed by atoms with van der Waals surface area (Å²) in [6.45, 7) is 0.304. The summed E-state index contributed by atoms with van der Waals surface area (Å²) in [4.78, 5) is 0. The lowest BCUT2D eigenvalue weighted by atomic mass is 9.97. The minimum absolute atomic E-state index is 0.304. The zero-order valence-corrected chi connectivity index (χ0v) is 8.48. The predicted octanol–water partition coefficient (Wildman–Crippen LogP) is 1.67. The van der Waals surface area contributed by atoms with E-state index in [1.54, 1.807) is 7.11 Å². The van der Waals surface area contributed by atoms with E-state index in [0.29, 0.717) is 12.7 Å². The van der Waals surface area contributed by atoms with Crippen molar-refractivity contribution in [1.82, 2.24) is 0 Å². The average Bonchev–Trinajstić information content (AvgIpc) is 2.15. The molecule has 1 aliphatic rings. The predicted molar refractivity (Wildman–Crippen MR) is 52.6 cm³/mol. The van der Waals surface area contributed by atoms with E-state index in [1.807, 2.05) is 11.8 Å². The van der Waals surface area contributed by atoms with Crippen molar-refractivity contribution in [3.05, 3.63) is 0 Å². The van der Waals surface area contributed by atoms with Gasteiger partial charge in [-0.2, -0.15) is 11.8 Å². The van der Waals surface area contributed by atoms with Crippen molar-refractivity contribution in [2.24, 2.45) is 0 Å². The topological polar surface area (TPSA) is 29.5 Å². The zero-order valence-electron chi connectivity index (χ0n) is 7.66. The highest BCUT2D eigenvalue weighted by molar-refractivity contribution is 7.99. The Kier molecular flexibility index (Phi) is 5.04. The molecule has 0 aliphatic heterocycles. The first-order valence-electron chi connectivity index (χ1n) is 4.62. The van der Waals surface area contributed by atoms with Crippen LogP contribution in [0, 0.1) is 0 Å². The van der Waals surface area contributed by atoms with Gasteiger partial charge in [0.05, 0.1) is 12.7 Å². The van der Waals surface area contributed by atoms with E-state index in [1.165, 1.54) is 25.7 Å². The van der Waals surface area contributed by atoms with Gasteiger partial charge in [0.25, 0.3) is 0 Å². The lowest BCUT2D eigenvalue weighted by Crippen LogP contribution is -2.23. The minimum Gasteiger partial charge on any atom is -0.396 e. The van der Waals surface area contributed by atoms with Gasteiger partial charge < -0.3 is 9.84 Å². The molecule has 0 spiro atoms. The van der Waals surface area contributed by atoms with E-state index < -0.39 is 0 Å². The van der Waals surface area contributed by atoms with Crippen molar-refractivity contribution in [1.29, 1.82) is 0 Å². The summed E-state index contributed by atoms with van der Waals surface area (Å²) in [7, 11) is 1.80. The van der Waals surface area contributed by atoms with Gasteiger partial charge in [-0.1, -0.05) is 0 Å². The SMILES string of the molecule is COC1CCCC(SCCO)C1. The van der Waals surface area contributed by atoms with Gasteiger partial charge in [-0.25, -0.2) is 0 Å². The van der Waals surface area contributed by atoms with Gasteiger partial charge in [0.1, 0.15) is 0 Å². The molecule has 12 heavy (non-hydrogen) atoms. The second-order valence-corrected chi connectivity index (χ2v) is 4.65. The van der Waals surface area contributed by atoms with Crippen LogP contribution in [0.1, 0.15) is 25.7 Å². The maximum atomic E-state index is 8.67. The zero-order chi connectivity index (χ0) is 8.81. The molecule has 1 rings (SSSR count). The van der Waals surface area contributed by atoms with E-state index in [0.717, 1.165) is 11.0 Å². The van der Waals surface area contributed by atoms with Crippen molar-refractivity contribution >= 4 is 11.8 Å². The van der Waals surface area contributed by atoms with E-state index in [-0.39, 0.29) is 0 Å². The lowest BCUT2D eigenvalue weighted by molar-refractivity contribution is 0.0730. The average molecular weight is 190 g/mol. The van der Waals surface area contributed by atoms with Crippen molar-refractivity contribution in [2.75, 3.05) is 19.5 Å². The largest absolute Gasteiger partial charge is 0.396 e. The molecule has 72 valence electrons. The molecule has 3 heteroatoms. The molecule has 0 saturated heterocycles. The highest BCUT2D eigenvalue weighted by atomic mass is 32.2. The van der Waals surface area contributed by atoms with Gasteiger partial charge in [0.2, 0.25) is 0 Å². The first kappa shape index (κ1) is 10.4. The quantitative estimate of drug-likeness (QED) is 0.731. The molecular weight excluding hydrogens is 172 g/mol. The Morgan fingerprint density at radius 3 is 3.00 bits per heavy atom. The van der Waals surface area contributed by atoms with Gasteiger partial charge in [-0.05, 0) is 25.7 Å². The first-order valence-corrected chi connectivity index (χ1v) is 5.67. The summed E-state index contributed by atoms with van der Waals surface area (Å²) < 4.78 is 5.33. The van der Waals surface area contributed by atoms with Crippen LogP contribution in [0.4, 0.5) is 0 Å². The van der Waals surface area contributed by atoms with Gasteiger partial charge in [0.15, 0.2) is 0 Å². The van der Waals surface area contributed by atoms with E-state index in [4.69, 9.17) is 9.84 Å². The Hall–Kier alpha value is 0.270. The number of aliphatic hydroxyl groups excluding tert-OH is 1. The maximum absolute atomic E-state index is 8.67. The van der Waals surface area contributed by atoms with Gasteiger partial charge >= 0.3 is 0 Å². The third-order valence-corrected chi connectivity index (χ3v) is 3.67. The van der Waals surface area contributed by atoms with Crippen LogP contribution in [-0.4, -0.2) is 35.9 Å². The summed E-state index contributed by atoms with van der Waals surface area (Å²) in [6.07, 6.45) is 5.43. The van der Waals surface area contributed by atoms with Crippen LogP contribution in [0.5, 0.6) is 0 Å². The van der Waals surface area contributed by atoms with Crippen molar-refractivity contribution in [3.63, 3.8) is 0 Å². The van der Waals surface area contributed by atoms with Crippen LogP contribution in [0.3, 0.4) is 0 Å². The molecular formula is C9H18O2S. The molecule has 2 nitrogen and oxygen atoms in total. The first-order chi connectivity index (χ1) is 5.86. The van der Waals surface area contributed by atoms with Crippen LogP contribution < -0.4 is 0 Å². The minimum atomic E-state index is 0.304. The third kappa shape index (κ3) is 3.33.